The predicted molar refractivity (Wildman–Crippen MR) is 58.8 cm³/mol. The minimum Gasteiger partial charge on any atom is -0.290 e. The maximum Gasteiger partial charge on any atom is 0.120 e. The molecule has 0 aromatic rings. The molecule has 3 nitrogen and oxygen atoms in total. The predicted octanol–water partition coefficient (Wildman–Crippen LogP) is 2.89. The Bertz CT molecular complexity index is 169. The first-order valence-electron chi connectivity index (χ1n) is 5.87. The van der Waals surface area contributed by atoms with Gasteiger partial charge in [0.15, 0.2) is 0 Å². The Kier molecular flexibility index (Phi) is 6.41. The van der Waals surface area contributed by atoms with Gasteiger partial charge in [0.25, 0.3) is 0 Å². The Morgan fingerprint density at radius 1 is 0.857 bits per heavy atom. The van der Waals surface area contributed by atoms with Gasteiger partial charge in [0.1, 0.15) is 5.84 Å². The van der Waals surface area contributed by atoms with Crippen LogP contribution in [0, 0.1) is 0 Å². The molecule has 1 aliphatic heterocycles. The molecule has 1 rings (SSSR count). The van der Waals surface area contributed by atoms with E-state index in [1.165, 1.54) is 38.5 Å². The van der Waals surface area contributed by atoms with Crippen LogP contribution < -0.4 is 5.48 Å². The Balaban J connectivity index is 2.29. The Hall–Kier alpha value is -0.570. The van der Waals surface area contributed by atoms with E-state index >= 15 is 0 Å². The van der Waals surface area contributed by atoms with Crippen LogP contribution in [0.5, 0.6) is 0 Å². The van der Waals surface area contributed by atoms with Crippen molar-refractivity contribution >= 4 is 5.84 Å². The highest BCUT2D eigenvalue weighted by molar-refractivity contribution is 5.80. The maximum absolute atomic E-state index is 8.82. The summed E-state index contributed by atoms with van der Waals surface area (Å²) in [5.74, 6) is 0.769. The topological polar surface area (TPSA) is 44.6 Å². The van der Waals surface area contributed by atoms with E-state index in [1.54, 1.807) is 0 Å². The third-order valence-corrected chi connectivity index (χ3v) is 2.75. The second-order valence-corrected chi connectivity index (χ2v) is 4.02. The van der Waals surface area contributed by atoms with Gasteiger partial charge < -0.3 is 0 Å². The van der Waals surface area contributed by atoms with E-state index in [4.69, 9.17) is 5.21 Å². The Morgan fingerprint density at radius 2 is 1.43 bits per heavy atom. The summed E-state index contributed by atoms with van der Waals surface area (Å²) in [4.78, 5) is 4.33. The van der Waals surface area contributed by atoms with Gasteiger partial charge in [0, 0.05) is 13.0 Å². The smallest absolute Gasteiger partial charge is 0.120 e. The lowest BCUT2D eigenvalue weighted by atomic mass is 10.1. The molecule has 0 saturated heterocycles. The number of amidine groups is 1. The number of nitrogens with one attached hydrogen (secondary N) is 1. The molecule has 0 atom stereocenters. The highest BCUT2D eigenvalue weighted by Crippen LogP contribution is 2.11. The quantitative estimate of drug-likeness (QED) is 0.588. The van der Waals surface area contributed by atoms with Gasteiger partial charge in [-0.25, -0.2) is 0 Å². The zero-order valence-electron chi connectivity index (χ0n) is 8.97. The highest BCUT2D eigenvalue weighted by atomic mass is 16.5. The van der Waals surface area contributed by atoms with E-state index in [1.807, 2.05) is 0 Å². The van der Waals surface area contributed by atoms with Crippen molar-refractivity contribution in [3.05, 3.63) is 0 Å². The normalized spacial score (nSPS) is 21.6. The highest BCUT2D eigenvalue weighted by Gasteiger charge is 1.99. The van der Waals surface area contributed by atoms with E-state index in [0.717, 1.165) is 31.6 Å². The molecular weight excluding hydrogens is 176 g/mol. The summed E-state index contributed by atoms with van der Waals surface area (Å²) in [6.07, 6.45) is 11.2. The van der Waals surface area contributed by atoms with Crippen molar-refractivity contribution in [2.24, 2.45) is 4.99 Å². The molecule has 0 aliphatic carbocycles. The number of hydrogen-bond acceptors (Lipinski definition) is 3. The molecule has 2 N–H and O–H groups in total. The van der Waals surface area contributed by atoms with Crippen molar-refractivity contribution < 1.29 is 5.21 Å². The lowest BCUT2D eigenvalue weighted by molar-refractivity contribution is 0.230. The summed E-state index contributed by atoms with van der Waals surface area (Å²) < 4.78 is 0. The monoisotopic (exact) mass is 198 g/mol. The number of aliphatic imine (C=N–C) groups is 1. The van der Waals surface area contributed by atoms with Gasteiger partial charge in [0.05, 0.1) is 0 Å². The summed E-state index contributed by atoms with van der Waals surface area (Å²) >= 11 is 0. The van der Waals surface area contributed by atoms with E-state index in [2.05, 4.69) is 10.5 Å². The molecule has 0 aromatic heterocycles. The lowest BCUT2D eigenvalue weighted by Crippen LogP contribution is -2.19. The molecule has 0 radical (unpaired) electrons. The van der Waals surface area contributed by atoms with Crippen molar-refractivity contribution in [2.75, 3.05) is 6.54 Å². The minimum absolute atomic E-state index is 0.769. The summed E-state index contributed by atoms with van der Waals surface area (Å²) in [5.41, 5.74) is 2.21. The van der Waals surface area contributed by atoms with Crippen LogP contribution in [0.3, 0.4) is 0 Å². The molecule has 14 heavy (non-hydrogen) atoms. The molecule has 0 bridgehead atoms. The Morgan fingerprint density at radius 3 is 2.07 bits per heavy atom. The standard InChI is InChI=1S/C11H22N2O/c14-13-11-9-7-5-3-1-2-4-6-8-10-12-11/h14H,1-10H2,(H,12,13). The third-order valence-electron chi connectivity index (χ3n) is 2.75. The Labute approximate surface area is 86.6 Å². The van der Waals surface area contributed by atoms with Gasteiger partial charge in [0.2, 0.25) is 0 Å². The first-order valence-corrected chi connectivity index (χ1v) is 5.87. The number of hydroxylamine groups is 1. The van der Waals surface area contributed by atoms with Crippen LogP contribution in [-0.4, -0.2) is 17.6 Å². The second-order valence-electron chi connectivity index (χ2n) is 4.02. The molecule has 0 spiro atoms. The first kappa shape index (κ1) is 11.5. The summed E-state index contributed by atoms with van der Waals surface area (Å²) in [6, 6.07) is 0. The van der Waals surface area contributed by atoms with Crippen LogP contribution in [-0.2, 0) is 0 Å². The first-order chi connectivity index (χ1) is 6.93. The van der Waals surface area contributed by atoms with Crippen LogP contribution in [0.25, 0.3) is 0 Å². The number of rotatable bonds is 0. The van der Waals surface area contributed by atoms with E-state index < -0.39 is 0 Å². The summed E-state index contributed by atoms with van der Waals surface area (Å²) in [7, 11) is 0. The fourth-order valence-corrected chi connectivity index (χ4v) is 1.85. The summed E-state index contributed by atoms with van der Waals surface area (Å²) in [6.45, 7) is 0.864. The molecule has 0 saturated carbocycles. The zero-order chi connectivity index (χ0) is 10.1. The van der Waals surface area contributed by atoms with Crippen LogP contribution in [0.1, 0.15) is 57.8 Å². The molecule has 0 aromatic carbocycles. The van der Waals surface area contributed by atoms with E-state index in [-0.39, 0.29) is 0 Å². The summed E-state index contributed by atoms with van der Waals surface area (Å²) in [5, 5.41) is 8.82. The van der Waals surface area contributed by atoms with Gasteiger partial charge in [-0.2, -0.15) is 0 Å². The SMILES string of the molecule is ONC1=NCCCCCCCCCC1. The van der Waals surface area contributed by atoms with Gasteiger partial charge in [-0.1, -0.05) is 38.5 Å². The van der Waals surface area contributed by atoms with E-state index in [9.17, 15) is 0 Å². The molecular formula is C11H22N2O. The molecule has 82 valence electrons. The molecule has 3 heteroatoms. The van der Waals surface area contributed by atoms with Crippen LogP contribution in [0.4, 0.5) is 0 Å². The van der Waals surface area contributed by atoms with Crippen molar-refractivity contribution in [1.82, 2.24) is 5.48 Å². The fraction of sp³-hybridized carbons (Fsp3) is 0.909. The van der Waals surface area contributed by atoms with Gasteiger partial charge in [-0.15, -0.1) is 0 Å². The minimum atomic E-state index is 0.769. The fourth-order valence-electron chi connectivity index (χ4n) is 1.85. The zero-order valence-corrected chi connectivity index (χ0v) is 8.97. The van der Waals surface area contributed by atoms with Crippen molar-refractivity contribution in [2.45, 2.75) is 57.8 Å². The van der Waals surface area contributed by atoms with Gasteiger partial charge in [-0.05, 0) is 12.8 Å². The average Bonchev–Trinajstić information content (AvgIpc) is 2.19. The second kappa shape index (κ2) is 7.80. The van der Waals surface area contributed by atoms with Crippen LogP contribution >= 0.6 is 0 Å². The number of nitrogens with zero attached hydrogens (tertiary/aromatic N) is 1. The van der Waals surface area contributed by atoms with Crippen LogP contribution in [0.15, 0.2) is 4.99 Å². The van der Waals surface area contributed by atoms with Crippen molar-refractivity contribution in [1.29, 1.82) is 0 Å². The van der Waals surface area contributed by atoms with Gasteiger partial charge >= 0.3 is 0 Å². The molecule has 0 unspecified atom stereocenters. The van der Waals surface area contributed by atoms with Gasteiger partial charge in [-0.3, -0.25) is 15.7 Å². The molecule has 0 amide bonds. The maximum atomic E-state index is 8.82. The molecule has 1 aliphatic rings. The van der Waals surface area contributed by atoms with Crippen molar-refractivity contribution in [3.8, 4) is 0 Å². The lowest BCUT2D eigenvalue weighted by Gasteiger charge is -2.07. The van der Waals surface area contributed by atoms with Crippen molar-refractivity contribution in [3.63, 3.8) is 0 Å². The average molecular weight is 198 g/mol. The molecule has 0 fully saturated rings. The van der Waals surface area contributed by atoms with Crippen LogP contribution in [0.2, 0.25) is 0 Å². The van der Waals surface area contributed by atoms with E-state index in [0.29, 0.717) is 0 Å². The molecule has 1 heterocycles. The number of hydrogen-bond donors (Lipinski definition) is 2. The largest absolute Gasteiger partial charge is 0.290 e. The third kappa shape index (κ3) is 5.22.